The number of carbonyl (C=O) groups is 1. The fourth-order valence-corrected chi connectivity index (χ4v) is 1.79. The smallest absolute Gasteiger partial charge is 0.360 e. The van der Waals surface area contributed by atoms with Crippen molar-refractivity contribution >= 4 is 11.7 Å². The van der Waals surface area contributed by atoms with E-state index in [4.69, 9.17) is 4.52 Å². The van der Waals surface area contributed by atoms with Crippen LogP contribution in [-0.2, 0) is 11.0 Å². The van der Waals surface area contributed by atoms with Gasteiger partial charge in [0.25, 0.3) is 0 Å². The van der Waals surface area contributed by atoms with Crippen LogP contribution in [0.2, 0.25) is 0 Å². The maximum absolute atomic E-state index is 12.5. The topological polar surface area (TPSA) is 73.0 Å². The summed E-state index contributed by atoms with van der Waals surface area (Å²) in [6.45, 7) is 3.33. The average Bonchev–Trinajstić information content (AvgIpc) is 2.99. The molecule has 0 radical (unpaired) electrons. The largest absolute Gasteiger partial charge is 0.435 e. The quantitative estimate of drug-likeness (QED) is 0.942. The van der Waals surface area contributed by atoms with Crippen molar-refractivity contribution in [2.45, 2.75) is 32.5 Å². The van der Waals surface area contributed by atoms with E-state index in [-0.39, 0.29) is 12.2 Å². The van der Waals surface area contributed by atoms with Gasteiger partial charge in [-0.2, -0.15) is 18.3 Å². The Morgan fingerprint density at radius 1 is 1.52 bits per heavy atom. The van der Waals surface area contributed by atoms with Crippen molar-refractivity contribution in [3.05, 3.63) is 29.8 Å². The van der Waals surface area contributed by atoms with Gasteiger partial charge in [0, 0.05) is 12.3 Å². The van der Waals surface area contributed by atoms with Crippen LogP contribution in [0.3, 0.4) is 0 Å². The van der Waals surface area contributed by atoms with Gasteiger partial charge in [-0.15, -0.1) is 0 Å². The fourth-order valence-electron chi connectivity index (χ4n) is 1.79. The summed E-state index contributed by atoms with van der Waals surface area (Å²) >= 11 is 0. The molecule has 2 rings (SSSR count). The molecular weight excluding hydrogens is 289 g/mol. The van der Waals surface area contributed by atoms with E-state index in [0.717, 1.165) is 16.9 Å². The average molecular weight is 302 g/mol. The van der Waals surface area contributed by atoms with Crippen molar-refractivity contribution in [1.82, 2.24) is 14.9 Å². The number of aryl methyl sites for hydroxylation is 1. The van der Waals surface area contributed by atoms with Gasteiger partial charge in [0.05, 0.1) is 0 Å². The number of nitrogens with zero attached hydrogens (tertiary/aromatic N) is 3. The summed E-state index contributed by atoms with van der Waals surface area (Å²) in [4.78, 5) is 12.1. The Hall–Kier alpha value is -2.32. The number of amides is 1. The Morgan fingerprint density at radius 2 is 2.24 bits per heavy atom. The molecule has 0 bridgehead atoms. The van der Waals surface area contributed by atoms with Gasteiger partial charge in [-0.25, -0.2) is 0 Å². The lowest BCUT2D eigenvalue weighted by molar-refractivity contribution is -0.141. The van der Waals surface area contributed by atoms with Crippen LogP contribution in [0.4, 0.5) is 19.0 Å². The van der Waals surface area contributed by atoms with Gasteiger partial charge in [0.15, 0.2) is 11.5 Å². The summed E-state index contributed by atoms with van der Waals surface area (Å²) in [5.74, 6) is 0.207. The summed E-state index contributed by atoms with van der Waals surface area (Å²) in [5.41, 5.74) is -1.04. The number of nitrogens with one attached hydrogen (secondary N) is 1. The van der Waals surface area contributed by atoms with Gasteiger partial charge >= 0.3 is 6.18 Å². The van der Waals surface area contributed by atoms with E-state index in [0.29, 0.717) is 5.76 Å². The van der Waals surface area contributed by atoms with Gasteiger partial charge in [-0.3, -0.25) is 9.48 Å². The highest BCUT2D eigenvalue weighted by atomic mass is 19.4. The summed E-state index contributed by atoms with van der Waals surface area (Å²) in [6, 6.07) is 1.48. The molecule has 1 unspecified atom stereocenters. The van der Waals surface area contributed by atoms with Gasteiger partial charge in [0.1, 0.15) is 11.8 Å². The molecule has 2 aromatic rings. The van der Waals surface area contributed by atoms with Crippen molar-refractivity contribution in [3.8, 4) is 0 Å². The van der Waals surface area contributed by atoms with Crippen LogP contribution in [0, 0.1) is 6.92 Å². The van der Waals surface area contributed by atoms with Crippen LogP contribution in [0.1, 0.15) is 30.8 Å². The molecule has 6 nitrogen and oxygen atoms in total. The molecule has 0 aromatic carbocycles. The van der Waals surface area contributed by atoms with Crippen LogP contribution in [0.5, 0.6) is 0 Å². The second-order valence-electron chi connectivity index (χ2n) is 4.41. The lowest BCUT2D eigenvalue weighted by Crippen LogP contribution is -2.26. The first-order valence-corrected chi connectivity index (χ1v) is 6.17. The molecule has 0 saturated carbocycles. The molecule has 0 aliphatic heterocycles. The molecule has 0 aliphatic rings. The highest BCUT2D eigenvalue weighted by Crippen LogP contribution is 2.28. The monoisotopic (exact) mass is 302 g/mol. The number of aromatic nitrogens is 3. The van der Waals surface area contributed by atoms with E-state index in [2.05, 4.69) is 15.6 Å². The molecule has 0 fully saturated rings. The first kappa shape index (κ1) is 15.1. The van der Waals surface area contributed by atoms with Crippen LogP contribution >= 0.6 is 0 Å². The predicted molar refractivity (Wildman–Crippen MR) is 66.4 cm³/mol. The van der Waals surface area contributed by atoms with Crippen LogP contribution in [-0.4, -0.2) is 20.8 Å². The van der Waals surface area contributed by atoms with E-state index >= 15 is 0 Å². The van der Waals surface area contributed by atoms with Gasteiger partial charge in [-0.1, -0.05) is 12.1 Å². The van der Waals surface area contributed by atoms with Crippen LogP contribution in [0.15, 0.2) is 22.9 Å². The molecule has 9 heteroatoms. The van der Waals surface area contributed by atoms with Crippen LogP contribution < -0.4 is 5.32 Å². The third-order valence-electron chi connectivity index (χ3n) is 2.79. The number of anilines is 1. The summed E-state index contributed by atoms with van der Waals surface area (Å²) in [5, 5.41) is 9.48. The number of alkyl halides is 3. The van der Waals surface area contributed by atoms with E-state index in [1.54, 1.807) is 13.8 Å². The Morgan fingerprint density at radius 3 is 2.71 bits per heavy atom. The maximum atomic E-state index is 12.5. The van der Waals surface area contributed by atoms with E-state index < -0.39 is 23.8 Å². The second kappa shape index (κ2) is 5.58. The first-order valence-electron chi connectivity index (χ1n) is 6.17. The van der Waals surface area contributed by atoms with Crippen molar-refractivity contribution in [2.24, 2.45) is 0 Å². The molecule has 0 spiro atoms. The first-order chi connectivity index (χ1) is 9.81. The number of hydrogen-bond donors (Lipinski definition) is 1. The number of rotatable bonds is 4. The zero-order chi connectivity index (χ0) is 15.6. The SMILES string of the molecule is CCC(C(=O)Nc1cc(C)on1)n1ccc(C(F)(F)F)n1. The number of halogens is 3. The molecule has 0 saturated heterocycles. The Labute approximate surface area is 117 Å². The van der Waals surface area contributed by atoms with Crippen molar-refractivity contribution < 1.29 is 22.5 Å². The minimum absolute atomic E-state index is 0.208. The predicted octanol–water partition coefficient (Wildman–Crippen LogP) is 2.79. The lowest BCUT2D eigenvalue weighted by atomic mass is 10.2. The Balaban J connectivity index is 2.15. The normalized spacial score (nSPS) is 13.2. The molecule has 1 atom stereocenters. The van der Waals surface area contributed by atoms with Crippen LogP contribution in [0.25, 0.3) is 0 Å². The minimum Gasteiger partial charge on any atom is -0.360 e. The molecule has 114 valence electrons. The third kappa shape index (κ3) is 3.41. The second-order valence-corrected chi connectivity index (χ2v) is 4.41. The van der Waals surface area contributed by atoms with E-state index in [9.17, 15) is 18.0 Å². The molecule has 1 N–H and O–H groups in total. The maximum Gasteiger partial charge on any atom is 0.435 e. The highest BCUT2D eigenvalue weighted by molar-refractivity contribution is 5.92. The minimum atomic E-state index is -4.54. The van der Waals surface area contributed by atoms with Gasteiger partial charge < -0.3 is 9.84 Å². The van der Waals surface area contributed by atoms with Gasteiger partial charge in [-0.05, 0) is 19.4 Å². The van der Waals surface area contributed by atoms with Crippen molar-refractivity contribution in [2.75, 3.05) is 5.32 Å². The van der Waals surface area contributed by atoms with Gasteiger partial charge in [0.2, 0.25) is 5.91 Å². The third-order valence-corrected chi connectivity index (χ3v) is 2.79. The highest BCUT2D eigenvalue weighted by Gasteiger charge is 2.34. The Bertz CT molecular complexity index is 632. The molecule has 1 amide bonds. The molecule has 21 heavy (non-hydrogen) atoms. The van der Waals surface area contributed by atoms with Crippen molar-refractivity contribution in [1.29, 1.82) is 0 Å². The zero-order valence-electron chi connectivity index (χ0n) is 11.3. The van der Waals surface area contributed by atoms with E-state index in [1.165, 1.54) is 6.07 Å². The van der Waals surface area contributed by atoms with E-state index in [1.807, 2.05) is 0 Å². The molecule has 2 aromatic heterocycles. The Kier molecular flexibility index (Phi) is 4.01. The summed E-state index contributed by atoms with van der Waals surface area (Å²) in [6.07, 6.45) is -3.13. The standard InChI is InChI=1S/C12H13F3N4O2/c1-3-8(11(20)16-10-6-7(2)21-18-10)19-5-4-9(17-19)12(13,14)15/h4-6,8H,3H2,1-2H3,(H,16,18,20). The number of hydrogen-bond acceptors (Lipinski definition) is 4. The van der Waals surface area contributed by atoms with Crippen molar-refractivity contribution in [3.63, 3.8) is 0 Å². The summed E-state index contributed by atoms with van der Waals surface area (Å²) < 4.78 is 43.4. The molecular formula is C12H13F3N4O2. The number of carbonyl (C=O) groups excluding carboxylic acids is 1. The molecule has 0 aliphatic carbocycles. The summed E-state index contributed by atoms with van der Waals surface area (Å²) in [7, 11) is 0. The molecule has 2 heterocycles. The lowest BCUT2D eigenvalue weighted by Gasteiger charge is -2.14. The zero-order valence-corrected chi connectivity index (χ0v) is 11.3. The fraction of sp³-hybridized carbons (Fsp3) is 0.417.